The molecule has 0 aromatic heterocycles. The van der Waals surface area contributed by atoms with Crippen LogP contribution >= 0.6 is 12.2 Å². The molecule has 0 spiro atoms. The van der Waals surface area contributed by atoms with Crippen LogP contribution in [-0.2, 0) is 14.8 Å². The predicted octanol–water partition coefficient (Wildman–Crippen LogP) is 1.48. The maximum absolute atomic E-state index is 12.7. The number of thiocarbonyl (C=S) groups is 1. The lowest BCUT2D eigenvalue weighted by Gasteiger charge is -2.26. The molecule has 1 aromatic rings. The molecule has 1 aromatic carbocycles. The summed E-state index contributed by atoms with van der Waals surface area (Å²) in [5.41, 5.74) is 0.681. The molecule has 2 aliphatic rings. The summed E-state index contributed by atoms with van der Waals surface area (Å²) in [4.78, 5) is 2.69. The van der Waals surface area contributed by atoms with Gasteiger partial charge in [0.15, 0.2) is 5.11 Å². The summed E-state index contributed by atoms with van der Waals surface area (Å²) in [5.74, 6) is 0. The third kappa shape index (κ3) is 5.86. The summed E-state index contributed by atoms with van der Waals surface area (Å²) < 4.78 is 32.2. The van der Waals surface area contributed by atoms with E-state index in [0.29, 0.717) is 28.8 Å². The summed E-state index contributed by atoms with van der Waals surface area (Å²) in [6.07, 6.45) is 2.84. The molecule has 0 amide bonds. The Morgan fingerprint density at radius 3 is 2.63 bits per heavy atom. The van der Waals surface area contributed by atoms with E-state index in [1.165, 1.54) is 0 Å². The maximum atomic E-state index is 12.7. The highest BCUT2D eigenvalue weighted by Crippen LogP contribution is 2.23. The second kappa shape index (κ2) is 9.79. The third-order valence-corrected chi connectivity index (χ3v) is 6.98. The molecule has 2 saturated heterocycles. The summed E-state index contributed by atoms with van der Waals surface area (Å²) >= 11 is 5.33. The van der Waals surface area contributed by atoms with Crippen molar-refractivity contribution >= 4 is 33.0 Å². The minimum absolute atomic E-state index is 0.310. The van der Waals surface area contributed by atoms with Crippen LogP contribution in [-0.4, -0.2) is 75.2 Å². The van der Waals surface area contributed by atoms with Gasteiger partial charge in [0, 0.05) is 38.4 Å². The first-order valence-electron chi connectivity index (χ1n) is 9.51. The quantitative estimate of drug-likeness (QED) is 0.519. The van der Waals surface area contributed by atoms with Gasteiger partial charge in [-0.3, -0.25) is 4.90 Å². The fourth-order valence-corrected chi connectivity index (χ4v) is 5.10. The first-order valence-corrected chi connectivity index (χ1v) is 11.4. The Balaban J connectivity index is 1.46. The van der Waals surface area contributed by atoms with E-state index in [9.17, 15) is 8.42 Å². The molecule has 0 atom stereocenters. The Morgan fingerprint density at radius 1 is 1.15 bits per heavy atom. The zero-order valence-corrected chi connectivity index (χ0v) is 17.2. The SMILES string of the molecule is O=S(=O)(c1cccc(NC(=S)NCCCN2CCOCC2)c1)N1CCCC1. The van der Waals surface area contributed by atoms with Crippen molar-refractivity contribution in [1.29, 1.82) is 0 Å². The Morgan fingerprint density at radius 2 is 1.89 bits per heavy atom. The van der Waals surface area contributed by atoms with Crippen LogP contribution in [0, 0.1) is 0 Å². The Hall–Kier alpha value is -1.26. The van der Waals surface area contributed by atoms with Crippen molar-refractivity contribution in [3.63, 3.8) is 0 Å². The van der Waals surface area contributed by atoms with Crippen molar-refractivity contribution in [3.8, 4) is 0 Å². The highest BCUT2D eigenvalue weighted by atomic mass is 32.2. The third-order valence-electron chi connectivity index (χ3n) is 4.84. The number of ether oxygens (including phenoxy) is 1. The van der Waals surface area contributed by atoms with Gasteiger partial charge < -0.3 is 15.4 Å². The zero-order chi connectivity index (χ0) is 19.1. The van der Waals surface area contributed by atoms with Gasteiger partial charge in [0.1, 0.15) is 0 Å². The number of rotatable bonds is 7. The lowest BCUT2D eigenvalue weighted by Crippen LogP contribution is -2.38. The molecule has 2 aliphatic heterocycles. The molecule has 2 heterocycles. The fourth-order valence-electron chi connectivity index (χ4n) is 3.32. The smallest absolute Gasteiger partial charge is 0.243 e. The predicted molar refractivity (Wildman–Crippen MR) is 111 cm³/mol. The van der Waals surface area contributed by atoms with Gasteiger partial charge in [0.05, 0.1) is 18.1 Å². The molecule has 0 radical (unpaired) electrons. The van der Waals surface area contributed by atoms with E-state index in [-0.39, 0.29) is 0 Å². The highest BCUT2D eigenvalue weighted by molar-refractivity contribution is 7.89. The number of nitrogens with one attached hydrogen (secondary N) is 2. The van der Waals surface area contributed by atoms with Crippen LogP contribution in [0.5, 0.6) is 0 Å². The molecule has 0 aliphatic carbocycles. The van der Waals surface area contributed by atoms with Crippen LogP contribution < -0.4 is 10.6 Å². The van der Waals surface area contributed by atoms with Crippen molar-refractivity contribution < 1.29 is 13.2 Å². The summed E-state index contributed by atoms with van der Waals surface area (Å²) in [5, 5.41) is 6.78. The second-order valence-corrected chi connectivity index (χ2v) is 9.17. The van der Waals surface area contributed by atoms with Gasteiger partial charge in [-0.25, -0.2) is 8.42 Å². The number of anilines is 1. The minimum atomic E-state index is -3.42. The van der Waals surface area contributed by atoms with E-state index in [1.54, 1.807) is 22.5 Å². The van der Waals surface area contributed by atoms with Gasteiger partial charge in [-0.15, -0.1) is 0 Å². The number of nitrogens with zero attached hydrogens (tertiary/aromatic N) is 2. The maximum Gasteiger partial charge on any atom is 0.243 e. The molecule has 0 saturated carbocycles. The van der Waals surface area contributed by atoms with Crippen molar-refractivity contribution in [1.82, 2.24) is 14.5 Å². The standard InChI is InChI=1S/C18H28N4O3S2/c23-27(24,22-9-1-2-10-22)17-6-3-5-16(15-17)20-18(26)19-7-4-8-21-11-13-25-14-12-21/h3,5-6,15H,1-2,4,7-14H2,(H2,19,20,26). The molecule has 2 N–H and O–H groups in total. The first kappa shape index (κ1) is 20.5. The average Bonchev–Trinajstić information content (AvgIpc) is 3.22. The topological polar surface area (TPSA) is 73.9 Å². The molecule has 2 fully saturated rings. The van der Waals surface area contributed by atoms with Crippen LogP contribution in [0.4, 0.5) is 5.69 Å². The molecule has 27 heavy (non-hydrogen) atoms. The number of benzene rings is 1. The average molecular weight is 413 g/mol. The highest BCUT2D eigenvalue weighted by Gasteiger charge is 2.27. The number of sulfonamides is 1. The Kier molecular flexibility index (Phi) is 7.42. The molecular formula is C18H28N4O3S2. The van der Waals surface area contributed by atoms with Crippen LogP contribution in [0.3, 0.4) is 0 Å². The summed E-state index contributed by atoms with van der Waals surface area (Å²) in [6.45, 7) is 6.58. The molecular weight excluding hydrogens is 384 g/mol. The van der Waals surface area contributed by atoms with E-state index in [4.69, 9.17) is 17.0 Å². The lowest BCUT2D eigenvalue weighted by molar-refractivity contribution is 0.0376. The van der Waals surface area contributed by atoms with E-state index in [0.717, 1.165) is 58.7 Å². The van der Waals surface area contributed by atoms with Crippen LogP contribution in [0.25, 0.3) is 0 Å². The first-order chi connectivity index (χ1) is 13.1. The van der Waals surface area contributed by atoms with E-state index in [2.05, 4.69) is 15.5 Å². The minimum Gasteiger partial charge on any atom is -0.379 e. The van der Waals surface area contributed by atoms with Gasteiger partial charge >= 0.3 is 0 Å². The van der Waals surface area contributed by atoms with Crippen molar-refractivity contribution in [2.45, 2.75) is 24.2 Å². The Bertz CT molecular complexity index is 730. The molecule has 9 heteroatoms. The van der Waals surface area contributed by atoms with Crippen LogP contribution in [0.1, 0.15) is 19.3 Å². The van der Waals surface area contributed by atoms with Gasteiger partial charge in [-0.1, -0.05) is 6.07 Å². The van der Waals surface area contributed by atoms with Gasteiger partial charge in [0.25, 0.3) is 0 Å². The van der Waals surface area contributed by atoms with E-state index < -0.39 is 10.0 Å². The molecule has 0 bridgehead atoms. The van der Waals surface area contributed by atoms with Gasteiger partial charge in [-0.2, -0.15) is 4.31 Å². The van der Waals surface area contributed by atoms with Crippen LogP contribution in [0.15, 0.2) is 29.2 Å². The van der Waals surface area contributed by atoms with Crippen molar-refractivity contribution in [3.05, 3.63) is 24.3 Å². The van der Waals surface area contributed by atoms with Crippen molar-refractivity contribution in [2.75, 3.05) is 57.8 Å². The molecule has 7 nitrogen and oxygen atoms in total. The van der Waals surface area contributed by atoms with E-state index in [1.807, 2.05) is 6.07 Å². The van der Waals surface area contributed by atoms with Crippen molar-refractivity contribution in [2.24, 2.45) is 0 Å². The normalized spacial score (nSPS) is 19.1. The van der Waals surface area contributed by atoms with Crippen LogP contribution in [0.2, 0.25) is 0 Å². The fraction of sp³-hybridized carbons (Fsp3) is 0.611. The summed E-state index contributed by atoms with van der Waals surface area (Å²) in [7, 11) is -3.42. The lowest BCUT2D eigenvalue weighted by atomic mass is 10.3. The molecule has 3 rings (SSSR count). The number of hydrogen-bond acceptors (Lipinski definition) is 5. The monoisotopic (exact) mass is 412 g/mol. The van der Waals surface area contributed by atoms with Gasteiger partial charge in [0.2, 0.25) is 10.0 Å². The zero-order valence-electron chi connectivity index (χ0n) is 15.5. The number of morpholine rings is 1. The Labute approximate surface area is 167 Å². The largest absolute Gasteiger partial charge is 0.379 e. The van der Waals surface area contributed by atoms with Gasteiger partial charge in [-0.05, 0) is 56.2 Å². The second-order valence-electron chi connectivity index (χ2n) is 6.83. The van der Waals surface area contributed by atoms with E-state index >= 15 is 0 Å². The summed E-state index contributed by atoms with van der Waals surface area (Å²) in [6, 6.07) is 6.85. The molecule has 150 valence electrons. The number of hydrogen-bond donors (Lipinski definition) is 2. The molecule has 0 unspecified atom stereocenters.